The van der Waals surface area contributed by atoms with E-state index in [-0.39, 0.29) is 5.02 Å². The maximum Gasteiger partial charge on any atom is 0.417 e. The second kappa shape index (κ2) is 4.94. The molecule has 0 aliphatic heterocycles. The highest BCUT2D eigenvalue weighted by Gasteiger charge is 2.33. The van der Waals surface area contributed by atoms with Gasteiger partial charge in [0.25, 0.3) is 0 Å². The van der Waals surface area contributed by atoms with Gasteiger partial charge in [0.15, 0.2) is 0 Å². The van der Waals surface area contributed by atoms with Crippen molar-refractivity contribution >= 4 is 27.5 Å². The third-order valence-corrected chi connectivity index (χ3v) is 3.31. The van der Waals surface area contributed by atoms with E-state index in [0.717, 1.165) is 10.5 Å². The van der Waals surface area contributed by atoms with Crippen LogP contribution in [0.2, 0.25) is 5.02 Å². The van der Waals surface area contributed by atoms with Gasteiger partial charge in [-0.15, -0.1) is 0 Å². The van der Waals surface area contributed by atoms with Crippen LogP contribution in [0.25, 0.3) is 11.1 Å². The Kier molecular flexibility index (Phi) is 3.69. The van der Waals surface area contributed by atoms with E-state index in [1.165, 1.54) is 6.07 Å². The molecule has 0 amide bonds. The molecule has 0 heterocycles. The van der Waals surface area contributed by atoms with Crippen LogP contribution in [-0.2, 0) is 6.18 Å². The van der Waals surface area contributed by atoms with Gasteiger partial charge in [-0.1, -0.05) is 45.7 Å². The summed E-state index contributed by atoms with van der Waals surface area (Å²) in [6, 6.07) is 10.9. The highest BCUT2D eigenvalue weighted by molar-refractivity contribution is 9.10. The zero-order valence-electron chi connectivity index (χ0n) is 8.93. The maximum atomic E-state index is 12.7. The normalized spacial score (nSPS) is 11.6. The summed E-state index contributed by atoms with van der Waals surface area (Å²) in [6.07, 6.45) is -4.44. The van der Waals surface area contributed by atoms with E-state index in [0.29, 0.717) is 11.1 Å². The summed E-state index contributed by atoms with van der Waals surface area (Å²) in [4.78, 5) is 0. The van der Waals surface area contributed by atoms with Crippen molar-refractivity contribution < 1.29 is 13.2 Å². The van der Waals surface area contributed by atoms with Crippen LogP contribution in [0, 0.1) is 0 Å². The molecule has 18 heavy (non-hydrogen) atoms. The summed E-state index contributed by atoms with van der Waals surface area (Å²) in [6.45, 7) is 0. The third kappa shape index (κ3) is 2.87. The Morgan fingerprint density at radius 2 is 1.44 bits per heavy atom. The summed E-state index contributed by atoms with van der Waals surface area (Å²) in [5.41, 5.74) is 0.379. The van der Waals surface area contributed by atoms with Gasteiger partial charge in [0.1, 0.15) is 0 Å². The molecule has 94 valence electrons. The molecule has 0 bridgehead atoms. The molecule has 5 heteroatoms. The molecule has 0 atom stereocenters. The van der Waals surface area contributed by atoms with Crippen molar-refractivity contribution in [1.29, 1.82) is 0 Å². The number of benzene rings is 2. The fourth-order valence-electron chi connectivity index (χ4n) is 1.56. The van der Waals surface area contributed by atoms with E-state index < -0.39 is 11.7 Å². The van der Waals surface area contributed by atoms with Crippen LogP contribution < -0.4 is 0 Å². The van der Waals surface area contributed by atoms with E-state index in [1.807, 2.05) is 0 Å². The van der Waals surface area contributed by atoms with Crippen molar-refractivity contribution in [3.63, 3.8) is 0 Å². The molecule has 2 aromatic carbocycles. The van der Waals surface area contributed by atoms with Crippen LogP contribution >= 0.6 is 27.5 Å². The maximum absolute atomic E-state index is 12.7. The number of hydrogen-bond donors (Lipinski definition) is 0. The number of hydrogen-bond acceptors (Lipinski definition) is 0. The summed E-state index contributed by atoms with van der Waals surface area (Å²) in [5, 5.41) is -0.289. The van der Waals surface area contributed by atoms with Gasteiger partial charge in [0.2, 0.25) is 0 Å². The lowest BCUT2D eigenvalue weighted by Crippen LogP contribution is -2.05. The second-order valence-corrected chi connectivity index (χ2v) is 5.02. The summed E-state index contributed by atoms with van der Waals surface area (Å²) >= 11 is 8.84. The monoisotopic (exact) mass is 334 g/mol. The van der Waals surface area contributed by atoms with Gasteiger partial charge in [0.05, 0.1) is 10.6 Å². The number of halogens is 5. The van der Waals surface area contributed by atoms with Crippen molar-refractivity contribution in [2.24, 2.45) is 0 Å². The van der Waals surface area contributed by atoms with Crippen LogP contribution in [0.5, 0.6) is 0 Å². The zero-order chi connectivity index (χ0) is 13.3. The molecule has 2 aromatic rings. The van der Waals surface area contributed by atoms with Crippen LogP contribution in [0.3, 0.4) is 0 Å². The standard InChI is InChI=1S/C13H7BrClF3/c14-10-4-1-8(2-5-10)9-3-6-12(15)11(7-9)13(16,17)18/h1-7H. The average molecular weight is 336 g/mol. The smallest absolute Gasteiger partial charge is 0.166 e. The van der Waals surface area contributed by atoms with Crippen molar-refractivity contribution in [2.75, 3.05) is 0 Å². The predicted octanol–water partition coefficient (Wildman–Crippen LogP) is 5.79. The van der Waals surface area contributed by atoms with Gasteiger partial charge < -0.3 is 0 Å². The number of alkyl halides is 3. The Balaban J connectivity index is 2.50. The molecule has 0 aliphatic rings. The molecule has 0 nitrogen and oxygen atoms in total. The lowest BCUT2D eigenvalue weighted by Gasteiger charge is -2.11. The minimum atomic E-state index is -4.44. The first-order valence-corrected chi connectivity index (χ1v) is 6.18. The minimum Gasteiger partial charge on any atom is -0.166 e. The molecule has 0 saturated carbocycles. The first-order chi connectivity index (χ1) is 8.38. The Hall–Kier alpha value is -1.00. The highest BCUT2D eigenvalue weighted by Crippen LogP contribution is 2.37. The van der Waals surface area contributed by atoms with E-state index in [9.17, 15) is 13.2 Å². The molecule has 0 radical (unpaired) electrons. The van der Waals surface area contributed by atoms with E-state index in [2.05, 4.69) is 15.9 Å². The van der Waals surface area contributed by atoms with Crippen LogP contribution in [0.15, 0.2) is 46.9 Å². The molecular formula is C13H7BrClF3. The summed E-state index contributed by atoms with van der Waals surface area (Å²) < 4.78 is 39.0. The molecule has 0 spiro atoms. The second-order valence-electron chi connectivity index (χ2n) is 3.70. The fraction of sp³-hybridized carbons (Fsp3) is 0.0769. The van der Waals surface area contributed by atoms with E-state index in [4.69, 9.17) is 11.6 Å². The first-order valence-electron chi connectivity index (χ1n) is 5.00. The molecule has 2 rings (SSSR count). The third-order valence-electron chi connectivity index (χ3n) is 2.45. The van der Waals surface area contributed by atoms with Gasteiger partial charge in [-0.05, 0) is 35.4 Å². The molecule has 0 aromatic heterocycles. The number of rotatable bonds is 1. The largest absolute Gasteiger partial charge is 0.417 e. The lowest BCUT2D eigenvalue weighted by atomic mass is 10.0. The molecule has 0 N–H and O–H groups in total. The van der Waals surface area contributed by atoms with Gasteiger partial charge in [0, 0.05) is 4.47 Å². The van der Waals surface area contributed by atoms with Crippen molar-refractivity contribution in [1.82, 2.24) is 0 Å². The Morgan fingerprint density at radius 1 is 0.889 bits per heavy atom. The molecular weight excluding hydrogens is 328 g/mol. The van der Waals surface area contributed by atoms with Crippen LogP contribution in [0.4, 0.5) is 13.2 Å². The van der Waals surface area contributed by atoms with Gasteiger partial charge in [-0.2, -0.15) is 13.2 Å². The molecule has 0 aliphatic carbocycles. The molecule has 0 saturated heterocycles. The Morgan fingerprint density at radius 3 is 2.00 bits per heavy atom. The van der Waals surface area contributed by atoms with Gasteiger partial charge in [-0.25, -0.2) is 0 Å². The van der Waals surface area contributed by atoms with Crippen LogP contribution in [-0.4, -0.2) is 0 Å². The Bertz CT molecular complexity index is 561. The van der Waals surface area contributed by atoms with Crippen molar-refractivity contribution in [3.05, 3.63) is 57.5 Å². The fourth-order valence-corrected chi connectivity index (χ4v) is 2.05. The van der Waals surface area contributed by atoms with Gasteiger partial charge >= 0.3 is 6.18 Å². The summed E-state index contributed by atoms with van der Waals surface area (Å²) in [5.74, 6) is 0. The SMILES string of the molecule is FC(F)(F)c1cc(-c2ccc(Br)cc2)ccc1Cl. The van der Waals surface area contributed by atoms with Crippen LogP contribution in [0.1, 0.15) is 5.56 Å². The van der Waals surface area contributed by atoms with Crippen molar-refractivity contribution in [2.45, 2.75) is 6.18 Å². The van der Waals surface area contributed by atoms with E-state index in [1.54, 1.807) is 30.3 Å². The van der Waals surface area contributed by atoms with Gasteiger partial charge in [-0.3, -0.25) is 0 Å². The predicted molar refractivity (Wildman–Crippen MR) is 69.6 cm³/mol. The Labute approximate surface area is 116 Å². The average Bonchev–Trinajstić information content (AvgIpc) is 2.29. The van der Waals surface area contributed by atoms with E-state index >= 15 is 0 Å². The minimum absolute atomic E-state index is 0.289. The summed E-state index contributed by atoms with van der Waals surface area (Å²) in [7, 11) is 0. The first kappa shape index (κ1) is 13.4. The molecule has 0 fully saturated rings. The lowest BCUT2D eigenvalue weighted by molar-refractivity contribution is -0.137. The van der Waals surface area contributed by atoms with Crippen molar-refractivity contribution in [3.8, 4) is 11.1 Å². The quantitative estimate of drug-likeness (QED) is 0.619. The molecule has 0 unspecified atom stereocenters. The zero-order valence-corrected chi connectivity index (χ0v) is 11.3. The highest BCUT2D eigenvalue weighted by atomic mass is 79.9. The topological polar surface area (TPSA) is 0 Å².